The van der Waals surface area contributed by atoms with Crippen LogP contribution in [0.2, 0.25) is 0 Å². The van der Waals surface area contributed by atoms with Gasteiger partial charge in [-0.25, -0.2) is 4.79 Å². The number of aliphatic carboxylic acids is 1. The molecule has 0 unspecified atom stereocenters. The molecule has 0 atom stereocenters. The average Bonchev–Trinajstić information content (AvgIpc) is 3.45. The normalized spacial score (nSPS) is 15.4. The number of hydrogen-bond acceptors (Lipinski definition) is 6. The lowest BCUT2D eigenvalue weighted by molar-refractivity contribution is -0.138. The van der Waals surface area contributed by atoms with E-state index in [1.54, 1.807) is 4.90 Å². The van der Waals surface area contributed by atoms with Crippen LogP contribution in [0.4, 0.5) is 10.7 Å². The number of carboxylic acid groups (broad SMARTS) is 1. The van der Waals surface area contributed by atoms with E-state index in [0.717, 1.165) is 22.3 Å². The van der Waals surface area contributed by atoms with Crippen LogP contribution in [0.25, 0.3) is 11.1 Å². The van der Waals surface area contributed by atoms with Gasteiger partial charge in [-0.2, -0.15) is 0 Å². The number of hydrogen-bond donors (Lipinski definition) is 2. The summed E-state index contributed by atoms with van der Waals surface area (Å²) < 4.78 is 10.6. The van der Waals surface area contributed by atoms with Crippen LogP contribution in [-0.2, 0) is 9.53 Å². The molecule has 2 heterocycles. The standard InChI is InChI=1S/C26H25N3O6/c30-24(31)13-16-9-11-29(12-10-16)25(32)22-14-23(35-28-22)27-26(33)34-15-21-19-7-3-1-5-17(19)18-6-2-4-8-20(18)21/h1-8,14,16,21H,9-13,15H2,(H,27,33)(H,30,31). The molecule has 2 aromatic carbocycles. The minimum atomic E-state index is -0.824. The van der Waals surface area contributed by atoms with Crippen LogP contribution >= 0.6 is 0 Å². The van der Waals surface area contributed by atoms with Crippen molar-refractivity contribution in [3.05, 3.63) is 71.4 Å². The first-order valence-corrected chi connectivity index (χ1v) is 11.6. The van der Waals surface area contributed by atoms with Gasteiger partial charge in [-0.15, -0.1) is 0 Å². The zero-order valence-electron chi connectivity index (χ0n) is 19.0. The number of carboxylic acids is 1. The van der Waals surface area contributed by atoms with Crippen molar-refractivity contribution in [2.24, 2.45) is 5.92 Å². The Labute approximate surface area is 201 Å². The third kappa shape index (κ3) is 4.75. The molecule has 5 rings (SSSR count). The van der Waals surface area contributed by atoms with Crippen molar-refractivity contribution in [3.8, 4) is 11.1 Å². The molecule has 0 saturated carbocycles. The zero-order valence-corrected chi connectivity index (χ0v) is 19.0. The predicted molar refractivity (Wildman–Crippen MR) is 126 cm³/mol. The molecule has 2 aliphatic rings. The van der Waals surface area contributed by atoms with Crippen molar-refractivity contribution in [1.82, 2.24) is 10.1 Å². The van der Waals surface area contributed by atoms with E-state index in [2.05, 4.69) is 22.6 Å². The number of anilines is 1. The third-order valence-electron chi connectivity index (χ3n) is 6.66. The molecular formula is C26H25N3O6. The van der Waals surface area contributed by atoms with Gasteiger partial charge in [0, 0.05) is 31.5 Å². The van der Waals surface area contributed by atoms with E-state index in [4.69, 9.17) is 14.4 Å². The fraction of sp³-hybridized carbons (Fsp3) is 0.308. The Balaban J connectivity index is 1.16. The number of carbonyl (C=O) groups excluding carboxylic acids is 2. The fourth-order valence-electron chi connectivity index (χ4n) is 4.92. The Morgan fingerprint density at radius 2 is 1.66 bits per heavy atom. The number of amides is 2. The lowest BCUT2D eigenvalue weighted by atomic mass is 9.93. The number of likely N-dealkylation sites (tertiary alicyclic amines) is 1. The van der Waals surface area contributed by atoms with Gasteiger partial charge >= 0.3 is 12.1 Å². The molecule has 9 nitrogen and oxygen atoms in total. The Morgan fingerprint density at radius 1 is 1.03 bits per heavy atom. The first-order valence-electron chi connectivity index (χ1n) is 11.6. The topological polar surface area (TPSA) is 122 Å². The van der Waals surface area contributed by atoms with Crippen LogP contribution in [0, 0.1) is 5.92 Å². The number of aromatic nitrogens is 1. The first-order chi connectivity index (χ1) is 17.0. The maximum absolute atomic E-state index is 12.7. The van der Waals surface area contributed by atoms with E-state index in [0.29, 0.717) is 25.9 Å². The number of piperidine rings is 1. The van der Waals surface area contributed by atoms with Crippen LogP contribution in [0.1, 0.15) is 46.8 Å². The molecule has 3 aromatic rings. The van der Waals surface area contributed by atoms with Gasteiger partial charge < -0.3 is 19.3 Å². The van der Waals surface area contributed by atoms with Gasteiger partial charge in [-0.3, -0.25) is 14.9 Å². The minimum absolute atomic E-state index is 0.0198. The highest BCUT2D eigenvalue weighted by molar-refractivity contribution is 5.94. The van der Waals surface area contributed by atoms with Crippen LogP contribution in [0.5, 0.6) is 0 Å². The molecule has 2 amide bonds. The maximum atomic E-state index is 12.7. The van der Waals surface area contributed by atoms with Crippen molar-refractivity contribution >= 4 is 23.9 Å². The predicted octanol–water partition coefficient (Wildman–Crippen LogP) is 4.36. The van der Waals surface area contributed by atoms with E-state index in [9.17, 15) is 14.4 Å². The SMILES string of the molecule is O=C(O)CC1CCN(C(=O)c2cc(NC(=O)OCC3c4ccccc4-c4ccccc43)on2)CC1. The Kier molecular flexibility index (Phi) is 6.22. The summed E-state index contributed by atoms with van der Waals surface area (Å²) in [5, 5.41) is 15.2. The van der Waals surface area contributed by atoms with Crippen molar-refractivity contribution in [2.45, 2.75) is 25.2 Å². The summed E-state index contributed by atoms with van der Waals surface area (Å²) in [6, 6.07) is 17.5. The van der Waals surface area contributed by atoms with E-state index < -0.39 is 12.1 Å². The van der Waals surface area contributed by atoms with Gasteiger partial charge in [0.05, 0.1) is 0 Å². The second kappa shape index (κ2) is 9.61. The Morgan fingerprint density at radius 3 is 2.29 bits per heavy atom. The molecule has 1 aliphatic carbocycles. The second-order valence-electron chi connectivity index (χ2n) is 8.86. The molecule has 0 spiro atoms. The smallest absolute Gasteiger partial charge is 0.414 e. The highest BCUT2D eigenvalue weighted by atomic mass is 16.6. The van der Waals surface area contributed by atoms with Crippen LogP contribution in [-0.4, -0.2) is 52.8 Å². The molecule has 2 N–H and O–H groups in total. The summed E-state index contributed by atoms with van der Waals surface area (Å²) in [6.45, 7) is 1.07. The highest BCUT2D eigenvalue weighted by Gasteiger charge is 2.30. The van der Waals surface area contributed by atoms with Crippen molar-refractivity contribution in [2.75, 3.05) is 25.0 Å². The second-order valence-corrected chi connectivity index (χ2v) is 8.86. The molecule has 1 saturated heterocycles. The van der Waals surface area contributed by atoms with Crippen molar-refractivity contribution < 1.29 is 28.8 Å². The van der Waals surface area contributed by atoms with Gasteiger partial charge in [0.25, 0.3) is 5.91 Å². The molecule has 1 fully saturated rings. The Bertz CT molecular complexity index is 1220. The number of rotatable bonds is 6. The van der Waals surface area contributed by atoms with Crippen molar-refractivity contribution in [3.63, 3.8) is 0 Å². The van der Waals surface area contributed by atoms with Crippen LogP contribution < -0.4 is 5.32 Å². The van der Waals surface area contributed by atoms with Crippen LogP contribution in [0.15, 0.2) is 59.1 Å². The lowest BCUT2D eigenvalue weighted by Crippen LogP contribution is -2.39. The number of ether oxygens (including phenoxy) is 1. The van der Waals surface area contributed by atoms with E-state index in [1.165, 1.54) is 6.07 Å². The summed E-state index contributed by atoms with van der Waals surface area (Å²) in [7, 11) is 0. The van der Waals surface area contributed by atoms with Gasteiger partial charge in [0.2, 0.25) is 5.88 Å². The van der Waals surface area contributed by atoms with Gasteiger partial charge in [0.15, 0.2) is 5.69 Å². The maximum Gasteiger partial charge on any atom is 0.414 e. The zero-order chi connectivity index (χ0) is 24.4. The number of benzene rings is 2. The van der Waals surface area contributed by atoms with Crippen LogP contribution in [0.3, 0.4) is 0 Å². The van der Waals surface area contributed by atoms with Gasteiger partial charge in [-0.1, -0.05) is 53.7 Å². The molecular weight excluding hydrogens is 450 g/mol. The van der Waals surface area contributed by atoms with E-state index in [-0.39, 0.29) is 42.3 Å². The largest absolute Gasteiger partial charge is 0.481 e. The average molecular weight is 476 g/mol. The summed E-state index contributed by atoms with van der Waals surface area (Å²) in [5.41, 5.74) is 4.59. The number of fused-ring (bicyclic) bond motifs is 3. The summed E-state index contributed by atoms with van der Waals surface area (Å²) in [6.07, 6.45) is 0.665. The molecule has 1 aliphatic heterocycles. The quantitative estimate of drug-likeness (QED) is 0.543. The van der Waals surface area contributed by atoms with Crippen molar-refractivity contribution in [1.29, 1.82) is 0 Å². The summed E-state index contributed by atoms with van der Waals surface area (Å²) in [4.78, 5) is 37.6. The first kappa shape index (κ1) is 22.6. The molecule has 35 heavy (non-hydrogen) atoms. The molecule has 0 radical (unpaired) electrons. The number of nitrogens with zero attached hydrogens (tertiary/aromatic N) is 2. The Hall–Kier alpha value is -4.14. The lowest BCUT2D eigenvalue weighted by Gasteiger charge is -2.30. The summed E-state index contributed by atoms with van der Waals surface area (Å²) in [5.74, 6) is -1.12. The molecule has 0 bridgehead atoms. The monoisotopic (exact) mass is 475 g/mol. The molecule has 1 aromatic heterocycles. The number of nitrogens with one attached hydrogen (secondary N) is 1. The van der Waals surface area contributed by atoms with Gasteiger partial charge in [0.1, 0.15) is 6.61 Å². The highest BCUT2D eigenvalue weighted by Crippen LogP contribution is 2.44. The summed E-state index contributed by atoms with van der Waals surface area (Å²) >= 11 is 0. The van der Waals surface area contributed by atoms with Gasteiger partial charge in [-0.05, 0) is 41.0 Å². The fourth-order valence-corrected chi connectivity index (χ4v) is 4.92. The molecule has 9 heteroatoms. The third-order valence-corrected chi connectivity index (χ3v) is 6.66. The number of carbonyl (C=O) groups is 3. The van der Waals surface area contributed by atoms with E-state index in [1.807, 2.05) is 36.4 Å². The molecule has 180 valence electrons. The van der Waals surface area contributed by atoms with E-state index >= 15 is 0 Å². The minimum Gasteiger partial charge on any atom is -0.481 e.